The molecule has 0 aliphatic carbocycles. The summed E-state index contributed by atoms with van der Waals surface area (Å²) in [5.41, 5.74) is 2.91. The van der Waals surface area contributed by atoms with Crippen LogP contribution in [0.15, 0.2) is 51.4 Å². The first kappa shape index (κ1) is 32.3. The second kappa shape index (κ2) is 14.8. The van der Waals surface area contributed by atoms with Gasteiger partial charge in [0.25, 0.3) is 5.91 Å². The molecule has 1 atom stereocenters. The molecule has 4 aliphatic heterocycles. The van der Waals surface area contributed by atoms with E-state index < -0.39 is 12.2 Å². The van der Waals surface area contributed by atoms with Crippen molar-refractivity contribution in [2.75, 3.05) is 64.2 Å². The first-order valence-corrected chi connectivity index (χ1v) is 17.7. The van der Waals surface area contributed by atoms with E-state index in [-0.39, 0.29) is 19.4 Å². The fourth-order valence-corrected chi connectivity index (χ4v) is 8.51. The predicted octanol–water partition coefficient (Wildman–Crippen LogP) is 4.96. The van der Waals surface area contributed by atoms with Gasteiger partial charge in [-0.15, -0.1) is 0 Å². The summed E-state index contributed by atoms with van der Waals surface area (Å²) in [6.07, 6.45) is 2.89. The molecule has 0 spiro atoms. The zero-order chi connectivity index (χ0) is 31.3. The van der Waals surface area contributed by atoms with Crippen molar-refractivity contribution in [2.45, 2.75) is 56.7 Å². The Kier molecular flexibility index (Phi) is 10.6. The lowest BCUT2D eigenvalue weighted by Crippen LogP contribution is -2.54. The number of carbonyl (C=O) groups excluding carboxylic acids is 3. The largest absolute Gasteiger partial charge is 0.436 e. The standard InChI is InChI=1S/C33H42Br2N6O4.H2/c34-25-19-23(20-26(35)22-25)21-30(31(42)39-12-6-27(7-13-39)38-17-10-36-11-18-38)45-33(44)40-14-8-28(9-15-40)41-16-5-24-3-1-2-4-29(24)37-32(41)43;/h1-4,19-20,22,27-28,30,36H,5-18,21H2,(H,37,43);1H/t30-;/m1./s1. The minimum absolute atomic E-state index is 0. The van der Waals surface area contributed by atoms with Crippen molar-refractivity contribution in [2.24, 2.45) is 0 Å². The monoisotopic (exact) mass is 746 g/mol. The Balaban J connectivity index is 0.00000417. The van der Waals surface area contributed by atoms with Gasteiger partial charge in [-0.2, -0.15) is 0 Å². The van der Waals surface area contributed by atoms with Crippen LogP contribution in [-0.2, 0) is 22.4 Å². The van der Waals surface area contributed by atoms with Crippen LogP contribution in [0.1, 0.15) is 38.2 Å². The van der Waals surface area contributed by atoms with Crippen LogP contribution in [0, 0.1) is 0 Å². The highest BCUT2D eigenvalue weighted by Crippen LogP contribution is 2.27. The van der Waals surface area contributed by atoms with Gasteiger partial charge in [-0.25, -0.2) is 9.59 Å². The number of benzene rings is 2. The predicted molar refractivity (Wildman–Crippen MR) is 182 cm³/mol. The van der Waals surface area contributed by atoms with Gasteiger partial charge in [-0.05, 0) is 67.5 Å². The highest BCUT2D eigenvalue weighted by Gasteiger charge is 2.36. The zero-order valence-electron chi connectivity index (χ0n) is 25.6. The summed E-state index contributed by atoms with van der Waals surface area (Å²) >= 11 is 7.09. The minimum atomic E-state index is -0.915. The number of fused-ring (bicyclic) bond motifs is 1. The van der Waals surface area contributed by atoms with E-state index in [1.165, 1.54) is 0 Å². The molecule has 4 amide bonds. The van der Waals surface area contributed by atoms with Crippen molar-refractivity contribution in [1.82, 2.24) is 24.9 Å². The van der Waals surface area contributed by atoms with Crippen molar-refractivity contribution >= 4 is 55.6 Å². The van der Waals surface area contributed by atoms with Gasteiger partial charge in [0.15, 0.2) is 6.10 Å². The maximum absolute atomic E-state index is 13.9. The zero-order valence-corrected chi connectivity index (χ0v) is 28.7. The van der Waals surface area contributed by atoms with E-state index in [9.17, 15) is 14.4 Å². The van der Waals surface area contributed by atoms with Crippen molar-refractivity contribution in [3.63, 3.8) is 0 Å². The van der Waals surface area contributed by atoms with Gasteiger partial charge in [0.05, 0.1) is 0 Å². The molecular weight excluding hydrogens is 704 g/mol. The van der Waals surface area contributed by atoms with Crippen LogP contribution >= 0.6 is 31.9 Å². The number of piperazine rings is 1. The molecule has 4 heterocycles. The van der Waals surface area contributed by atoms with Crippen LogP contribution in [-0.4, -0.2) is 115 Å². The first-order valence-electron chi connectivity index (χ1n) is 16.1. The van der Waals surface area contributed by atoms with Gasteiger partial charge in [0.2, 0.25) is 0 Å². The lowest BCUT2D eigenvalue weighted by Gasteiger charge is -2.41. The Morgan fingerprint density at radius 3 is 2.22 bits per heavy atom. The van der Waals surface area contributed by atoms with E-state index in [0.717, 1.165) is 71.2 Å². The minimum Gasteiger partial charge on any atom is -0.436 e. The van der Waals surface area contributed by atoms with Gasteiger partial charge in [0.1, 0.15) is 0 Å². The lowest BCUT2D eigenvalue weighted by atomic mass is 10.0. The summed E-state index contributed by atoms with van der Waals surface area (Å²) in [5, 5.41) is 6.47. The molecule has 2 N–H and O–H groups in total. The van der Waals surface area contributed by atoms with Crippen LogP contribution in [0.3, 0.4) is 0 Å². The number of carbonyl (C=O) groups is 3. The SMILES string of the molecule is O=C(O[C@H](Cc1cc(Br)cc(Br)c1)C(=O)N1CCC(N2CCNCC2)CC1)N1CCC(N2CCc3ccccc3NC2=O)CC1.[HH]. The van der Waals surface area contributed by atoms with E-state index in [4.69, 9.17) is 4.74 Å². The number of halogens is 2. The van der Waals surface area contributed by atoms with Gasteiger partial charge >= 0.3 is 12.1 Å². The number of nitrogens with zero attached hydrogens (tertiary/aromatic N) is 4. The summed E-state index contributed by atoms with van der Waals surface area (Å²) < 4.78 is 7.83. The number of anilines is 1. The third kappa shape index (κ3) is 8.01. The fraction of sp³-hybridized carbons (Fsp3) is 0.545. The van der Waals surface area contributed by atoms with Gasteiger partial charge < -0.3 is 30.1 Å². The topological polar surface area (TPSA) is 97.5 Å². The Labute approximate surface area is 283 Å². The molecule has 2 aromatic carbocycles. The number of nitrogens with one attached hydrogen (secondary N) is 2. The first-order chi connectivity index (χ1) is 21.8. The quantitative estimate of drug-likeness (QED) is 0.434. The fourth-order valence-electron chi connectivity index (χ4n) is 7.12. The normalized spacial score (nSPS) is 21.1. The molecule has 12 heteroatoms. The van der Waals surface area contributed by atoms with Crippen molar-refractivity contribution in [3.05, 3.63) is 62.5 Å². The second-order valence-electron chi connectivity index (χ2n) is 12.4. The van der Waals surface area contributed by atoms with Crippen LogP contribution in [0.2, 0.25) is 0 Å². The molecule has 0 radical (unpaired) electrons. The van der Waals surface area contributed by atoms with Gasteiger partial charge in [-0.1, -0.05) is 50.1 Å². The van der Waals surface area contributed by atoms with E-state index in [1.54, 1.807) is 4.90 Å². The number of para-hydroxylation sites is 1. The van der Waals surface area contributed by atoms with E-state index in [1.807, 2.05) is 46.2 Å². The number of piperidine rings is 2. The molecule has 244 valence electrons. The number of hydrogen-bond donors (Lipinski definition) is 2. The van der Waals surface area contributed by atoms with E-state index in [2.05, 4.69) is 53.5 Å². The van der Waals surface area contributed by atoms with E-state index in [0.29, 0.717) is 58.0 Å². The lowest BCUT2D eigenvalue weighted by molar-refractivity contribution is -0.142. The molecule has 4 aliphatic rings. The molecule has 0 saturated carbocycles. The number of hydrogen-bond acceptors (Lipinski definition) is 6. The molecule has 3 fully saturated rings. The summed E-state index contributed by atoms with van der Waals surface area (Å²) in [5.74, 6) is -0.131. The highest BCUT2D eigenvalue weighted by atomic mass is 79.9. The Morgan fingerprint density at radius 2 is 1.51 bits per heavy atom. The number of ether oxygens (including phenoxy) is 1. The molecule has 45 heavy (non-hydrogen) atoms. The summed E-state index contributed by atoms with van der Waals surface area (Å²) in [6.45, 7) is 7.02. The number of amides is 4. The van der Waals surface area contributed by atoms with Crippen LogP contribution in [0.25, 0.3) is 0 Å². The molecule has 0 unspecified atom stereocenters. The smallest absolute Gasteiger partial charge is 0.410 e. The summed E-state index contributed by atoms with van der Waals surface area (Å²) in [4.78, 5) is 48.5. The van der Waals surface area contributed by atoms with Crippen LogP contribution in [0.4, 0.5) is 15.3 Å². The maximum atomic E-state index is 13.9. The van der Waals surface area contributed by atoms with Gasteiger partial charge in [-0.3, -0.25) is 9.69 Å². The molecule has 0 bridgehead atoms. The van der Waals surface area contributed by atoms with Crippen molar-refractivity contribution in [1.29, 1.82) is 0 Å². The van der Waals surface area contributed by atoms with Gasteiger partial charge in [0, 0.05) is 93.5 Å². The Morgan fingerprint density at radius 1 is 0.867 bits per heavy atom. The Bertz CT molecular complexity index is 1360. The van der Waals surface area contributed by atoms with Crippen molar-refractivity contribution in [3.8, 4) is 0 Å². The molecular formula is C33H44Br2N6O4. The number of likely N-dealkylation sites (tertiary alicyclic amines) is 2. The number of rotatable bonds is 6. The Hall–Kier alpha value is -2.67. The maximum Gasteiger partial charge on any atom is 0.410 e. The molecule has 0 aromatic heterocycles. The second-order valence-corrected chi connectivity index (χ2v) is 14.3. The molecule has 10 nitrogen and oxygen atoms in total. The summed E-state index contributed by atoms with van der Waals surface area (Å²) in [7, 11) is 0. The third-order valence-corrected chi connectivity index (χ3v) is 10.5. The summed E-state index contributed by atoms with van der Waals surface area (Å²) in [6, 6.07) is 14.2. The van der Waals surface area contributed by atoms with Crippen LogP contribution in [0.5, 0.6) is 0 Å². The van der Waals surface area contributed by atoms with Crippen LogP contribution < -0.4 is 10.6 Å². The van der Waals surface area contributed by atoms with E-state index >= 15 is 0 Å². The average Bonchev–Trinajstić information content (AvgIpc) is 3.22. The highest BCUT2D eigenvalue weighted by molar-refractivity contribution is 9.11. The molecule has 2 aromatic rings. The molecule has 3 saturated heterocycles. The molecule has 6 rings (SSSR count). The van der Waals surface area contributed by atoms with Crippen molar-refractivity contribution < 1.29 is 20.5 Å². The number of urea groups is 1. The average molecular weight is 749 g/mol. The third-order valence-electron chi connectivity index (χ3n) is 9.61.